The van der Waals surface area contributed by atoms with Crippen LogP contribution >= 0.6 is 0 Å². The van der Waals surface area contributed by atoms with Crippen molar-refractivity contribution in [2.24, 2.45) is 0 Å². The van der Waals surface area contributed by atoms with Crippen molar-refractivity contribution in [2.75, 3.05) is 11.5 Å². The van der Waals surface area contributed by atoms with Crippen molar-refractivity contribution in [1.82, 2.24) is 0 Å². The lowest BCUT2D eigenvalue weighted by Gasteiger charge is -2.30. The lowest BCUT2D eigenvalue weighted by Crippen LogP contribution is -2.22. The van der Waals surface area contributed by atoms with E-state index in [4.69, 9.17) is 4.74 Å². The van der Waals surface area contributed by atoms with Crippen molar-refractivity contribution in [3.63, 3.8) is 0 Å². The van der Waals surface area contributed by atoms with E-state index in [1.54, 1.807) is 0 Å². The molecule has 1 aliphatic rings. The molecular formula is C28H27NO. The second kappa shape index (κ2) is 9.32. The lowest BCUT2D eigenvalue weighted by molar-refractivity contribution is 0.347. The van der Waals surface area contributed by atoms with Gasteiger partial charge in [-0.25, -0.2) is 0 Å². The minimum absolute atomic E-state index is 0.490. The summed E-state index contributed by atoms with van der Waals surface area (Å²) < 4.78 is 6.30. The van der Waals surface area contributed by atoms with Gasteiger partial charge in [0, 0.05) is 11.4 Å². The number of hydrogen-bond acceptors (Lipinski definition) is 2. The molecular weight excluding hydrogens is 366 g/mol. The van der Waals surface area contributed by atoms with E-state index in [0.29, 0.717) is 6.61 Å². The van der Waals surface area contributed by atoms with Gasteiger partial charge in [0.05, 0.1) is 5.70 Å². The Morgan fingerprint density at radius 1 is 0.900 bits per heavy atom. The van der Waals surface area contributed by atoms with Crippen LogP contribution in [-0.2, 0) is 6.42 Å². The third-order valence-electron chi connectivity index (χ3n) is 5.35. The summed E-state index contributed by atoms with van der Waals surface area (Å²) in [5.41, 5.74) is 7.04. The van der Waals surface area contributed by atoms with Crippen molar-refractivity contribution in [1.29, 1.82) is 0 Å². The molecule has 1 aliphatic heterocycles. The Kier molecular flexibility index (Phi) is 6.14. The minimum atomic E-state index is 0.490. The summed E-state index contributed by atoms with van der Waals surface area (Å²) in [6.07, 6.45) is 11.6. The fraction of sp³-hybridized carbons (Fsp3) is 0.143. The van der Waals surface area contributed by atoms with Crippen molar-refractivity contribution in [3.8, 4) is 5.75 Å². The molecule has 0 bridgehead atoms. The highest BCUT2D eigenvalue weighted by molar-refractivity contribution is 5.75. The summed E-state index contributed by atoms with van der Waals surface area (Å²) in [5.74, 6) is 0.947. The number of benzene rings is 3. The van der Waals surface area contributed by atoms with E-state index in [-0.39, 0.29) is 0 Å². The molecule has 4 rings (SSSR count). The normalized spacial score (nSPS) is 16.4. The SMILES string of the molecule is C/C=C\c1cccc(N(/C2=C/C=C\Cc3ccccc3OC2)c2ccccc2)c1C. The van der Waals surface area contributed by atoms with Gasteiger partial charge in [-0.2, -0.15) is 0 Å². The first-order chi connectivity index (χ1) is 14.8. The van der Waals surface area contributed by atoms with Gasteiger partial charge in [-0.3, -0.25) is 0 Å². The molecule has 0 N–H and O–H groups in total. The molecule has 0 aromatic heterocycles. The van der Waals surface area contributed by atoms with Gasteiger partial charge in [-0.1, -0.05) is 72.8 Å². The van der Waals surface area contributed by atoms with Crippen molar-refractivity contribution < 1.29 is 4.74 Å². The van der Waals surface area contributed by atoms with E-state index in [1.165, 1.54) is 16.7 Å². The fourth-order valence-electron chi connectivity index (χ4n) is 3.81. The molecule has 3 aromatic rings. The predicted molar refractivity (Wildman–Crippen MR) is 127 cm³/mol. The van der Waals surface area contributed by atoms with Crippen LogP contribution in [0.5, 0.6) is 5.75 Å². The summed E-state index contributed by atoms with van der Waals surface area (Å²) in [6, 6.07) is 25.2. The molecule has 0 saturated carbocycles. The molecule has 0 amide bonds. The smallest absolute Gasteiger partial charge is 0.129 e. The zero-order chi connectivity index (χ0) is 20.8. The molecule has 2 heteroatoms. The summed E-state index contributed by atoms with van der Waals surface area (Å²) in [4.78, 5) is 2.31. The predicted octanol–water partition coefficient (Wildman–Crippen LogP) is 7.24. The van der Waals surface area contributed by atoms with Crippen molar-refractivity contribution in [3.05, 3.63) is 119 Å². The average molecular weight is 394 g/mol. The molecule has 3 aromatic carbocycles. The molecule has 0 aliphatic carbocycles. The van der Waals surface area contributed by atoms with E-state index in [9.17, 15) is 0 Å². The second-order valence-corrected chi connectivity index (χ2v) is 7.35. The quantitative estimate of drug-likeness (QED) is 0.463. The van der Waals surface area contributed by atoms with E-state index in [0.717, 1.165) is 29.2 Å². The van der Waals surface area contributed by atoms with E-state index in [1.807, 2.05) is 6.07 Å². The molecule has 0 fully saturated rings. The monoisotopic (exact) mass is 393 g/mol. The number of hydrogen-bond donors (Lipinski definition) is 0. The number of allylic oxidation sites excluding steroid dienone is 4. The fourth-order valence-corrected chi connectivity index (χ4v) is 3.81. The molecule has 1 heterocycles. The van der Waals surface area contributed by atoms with Gasteiger partial charge >= 0.3 is 0 Å². The number of rotatable bonds is 4. The first-order valence-corrected chi connectivity index (χ1v) is 10.4. The zero-order valence-corrected chi connectivity index (χ0v) is 17.6. The highest BCUT2D eigenvalue weighted by Gasteiger charge is 2.18. The Morgan fingerprint density at radius 3 is 2.53 bits per heavy atom. The topological polar surface area (TPSA) is 12.5 Å². The summed E-state index contributed by atoms with van der Waals surface area (Å²) in [7, 11) is 0. The van der Waals surface area contributed by atoms with Crippen molar-refractivity contribution >= 4 is 17.5 Å². The summed E-state index contributed by atoms with van der Waals surface area (Å²) >= 11 is 0. The van der Waals surface area contributed by atoms with Crippen LogP contribution in [0.4, 0.5) is 11.4 Å². The van der Waals surface area contributed by atoms with Crippen molar-refractivity contribution in [2.45, 2.75) is 20.3 Å². The van der Waals surface area contributed by atoms with Crippen LogP contribution in [0.15, 0.2) is 103 Å². The Balaban J connectivity index is 1.81. The first-order valence-electron chi connectivity index (χ1n) is 10.4. The van der Waals surface area contributed by atoms with E-state index in [2.05, 4.69) is 116 Å². The van der Waals surface area contributed by atoms with Crippen LogP contribution in [0.1, 0.15) is 23.6 Å². The van der Waals surface area contributed by atoms with Crippen LogP contribution < -0.4 is 9.64 Å². The number of anilines is 2. The minimum Gasteiger partial charge on any atom is -0.487 e. The summed E-state index contributed by atoms with van der Waals surface area (Å²) in [6.45, 7) is 4.73. The molecule has 0 radical (unpaired) electrons. The van der Waals surface area contributed by atoms with Gasteiger partial charge in [-0.15, -0.1) is 0 Å². The third-order valence-corrected chi connectivity index (χ3v) is 5.35. The van der Waals surface area contributed by atoms with Crippen LogP contribution in [-0.4, -0.2) is 6.61 Å². The van der Waals surface area contributed by atoms with Crippen LogP contribution in [0.3, 0.4) is 0 Å². The van der Waals surface area contributed by atoms with Gasteiger partial charge in [0.15, 0.2) is 0 Å². The second-order valence-electron chi connectivity index (χ2n) is 7.35. The molecule has 2 nitrogen and oxygen atoms in total. The highest BCUT2D eigenvalue weighted by atomic mass is 16.5. The maximum absolute atomic E-state index is 6.30. The molecule has 0 saturated heterocycles. The number of ether oxygens (including phenoxy) is 1. The average Bonchev–Trinajstić information content (AvgIpc) is 2.88. The molecule has 0 unspecified atom stereocenters. The molecule has 30 heavy (non-hydrogen) atoms. The van der Waals surface area contributed by atoms with Gasteiger partial charge in [0.2, 0.25) is 0 Å². The Hall–Kier alpha value is -3.52. The maximum atomic E-state index is 6.30. The first kappa shape index (κ1) is 19.8. The maximum Gasteiger partial charge on any atom is 0.129 e. The number of fused-ring (bicyclic) bond motifs is 1. The Labute approximate surface area is 179 Å². The number of nitrogens with zero attached hydrogens (tertiary/aromatic N) is 1. The largest absolute Gasteiger partial charge is 0.487 e. The third kappa shape index (κ3) is 4.23. The van der Waals surface area contributed by atoms with E-state index >= 15 is 0 Å². The van der Waals surface area contributed by atoms with Gasteiger partial charge in [0.1, 0.15) is 12.4 Å². The standard InChI is InChI=1S/C28H27NO/c1-3-12-23-15-11-19-27(22(23)2)29(25-16-5-4-6-17-25)26-18-9-7-13-24-14-8-10-20-28(24)30-21-26/h3-12,14-20H,13,21H2,1-2H3/b9-7-,12-3-,26-18+. The Bertz CT molecular complexity index is 1090. The van der Waals surface area contributed by atoms with Crippen LogP contribution in [0.25, 0.3) is 6.08 Å². The van der Waals surface area contributed by atoms with Gasteiger partial charge < -0.3 is 9.64 Å². The lowest BCUT2D eigenvalue weighted by atomic mass is 10.0. The van der Waals surface area contributed by atoms with Gasteiger partial charge in [-0.05, 0) is 67.3 Å². The zero-order valence-electron chi connectivity index (χ0n) is 17.6. The summed E-state index contributed by atoms with van der Waals surface area (Å²) in [5, 5.41) is 0. The van der Waals surface area contributed by atoms with E-state index < -0.39 is 0 Å². The molecule has 0 atom stereocenters. The van der Waals surface area contributed by atoms with Crippen LogP contribution in [0.2, 0.25) is 0 Å². The number of para-hydroxylation sites is 2. The van der Waals surface area contributed by atoms with Gasteiger partial charge in [0.25, 0.3) is 0 Å². The van der Waals surface area contributed by atoms with Crippen LogP contribution in [0, 0.1) is 6.92 Å². The highest BCUT2D eigenvalue weighted by Crippen LogP contribution is 2.35. The molecule has 150 valence electrons. The molecule has 0 spiro atoms. The Morgan fingerprint density at radius 2 is 1.70 bits per heavy atom.